The third-order valence-corrected chi connectivity index (χ3v) is 2.87. The fourth-order valence-corrected chi connectivity index (χ4v) is 2.03. The molecule has 0 radical (unpaired) electrons. The number of hydrogen-bond acceptors (Lipinski definition) is 1. The molecule has 1 aromatic carbocycles. The van der Waals surface area contributed by atoms with Gasteiger partial charge in [-0.3, -0.25) is 4.39 Å². The van der Waals surface area contributed by atoms with Crippen molar-refractivity contribution in [3.63, 3.8) is 0 Å². The van der Waals surface area contributed by atoms with Gasteiger partial charge in [-0.25, -0.2) is 0 Å². The Labute approximate surface area is 129 Å². The first-order valence-electron chi connectivity index (χ1n) is 5.68. The molecule has 0 bridgehead atoms. The summed E-state index contributed by atoms with van der Waals surface area (Å²) in [5, 5.41) is 0. The molecule has 0 N–H and O–H groups in total. The zero-order chi connectivity index (χ0) is 10.5. The van der Waals surface area contributed by atoms with Gasteiger partial charge in [0.15, 0.2) is 0 Å². The van der Waals surface area contributed by atoms with Gasteiger partial charge in [-0.05, 0) is 25.7 Å². The van der Waals surface area contributed by atoms with Crippen molar-refractivity contribution in [1.82, 2.24) is 0 Å². The van der Waals surface area contributed by atoms with E-state index in [1.54, 1.807) is 12.1 Å². The Kier molecular flexibility index (Phi) is 9.28. The minimum absolute atomic E-state index is 0. The topological polar surface area (TPSA) is 9.23 Å². The number of halogens is 2. The van der Waals surface area contributed by atoms with Crippen molar-refractivity contribution in [2.45, 2.75) is 44.6 Å². The number of ether oxygens (including phenoxy) is 1. The van der Waals surface area contributed by atoms with Gasteiger partial charge < -0.3 is 21.7 Å². The molecule has 4 heteroatoms. The molecule has 0 aliphatic heterocycles. The van der Waals surface area contributed by atoms with Crippen LogP contribution in [0.2, 0.25) is 0 Å². The quantitative estimate of drug-likeness (QED) is 0.435. The molecule has 0 aromatic heterocycles. The second kappa shape index (κ2) is 9.17. The Morgan fingerprint density at radius 3 is 2.41 bits per heavy atom. The zero-order valence-corrected chi connectivity index (χ0v) is 12.9. The van der Waals surface area contributed by atoms with Gasteiger partial charge >= 0.3 is 23.1 Å². The zero-order valence-electron chi connectivity index (χ0n) is 9.92. The predicted molar refractivity (Wildman–Crippen MR) is 63.1 cm³/mol. The minimum atomic E-state index is -0.304. The van der Waals surface area contributed by atoms with Crippen molar-refractivity contribution in [2.75, 3.05) is 0 Å². The van der Waals surface area contributed by atoms with Gasteiger partial charge in [0.2, 0.25) is 0 Å². The molecular weight excluding hydrogens is 295 g/mol. The first-order valence-corrected chi connectivity index (χ1v) is 5.68. The summed E-state index contributed by atoms with van der Waals surface area (Å²) >= 11 is 0. The van der Waals surface area contributed by atoms with E-state index in [2.05, 4.69) is 6.07 Å². The molecule has 17 heavy (non-hydrogen) atoms. The van der Waals surface area contributed by atoms with E-state index < -0.39 is 0 Å². The Hall–Kier alpha value is 0.196. The molecule has 0 amide bonds. The van der Waals surface area contributed by atoms with Gasteiger partial charge in [0, 0.05) is 11.6 Å². The van der Waals surface area contributed by atoms with Crippen LogP contribution < -0.4 is 21.7 Å². The van der Waals surface area contributed by atoms with Crippen molar-refractivity contribution in [3.8, 4) is 5.75 Å². The fourth-order valence-electron chi connectivity index (χ4n) is 2.03. The van der Waals surface area contributed by atoms with Crippen LogP contribution >= 0.6 is 0 Å². The van der Waals surface area contributed by atoms with Crippen LogP contribution in [0.25, 0.3) is 0 Å². The third-order valence-electron chi connectivity index (χ3n) is 2.87. The monoisotopic (exact) mass is 310 g/mol. The normalized spacial score (nSPS) is 16.3. The number of benzene rings is 1. The van der Waals surface area contributed by atoms with Gasteiger partial charge in [0.05, 0.1) is 6.10 Å². The van der Waals surface area contributed by atoms with Crippen LogP contribution in [0.3, 0.4) is 0 Å². The molecule has 0 unspecified atom stereocenters. The minimum Gasteiger partial charge on any atom is -1.00 e. The van der Waals surface area contributed by atoms with E-state index in [0.717, 1.165) is 12.8 Å². The van der Waals surface area contributed by atoms with E-state index in [0.29, 0.717) is 5.75 Å². The summed E-state index contributed by atoms with van der Waals surface area (Å²) in [5.74, 6) is 0.0717. The summed E-state index contributed by atoms with van der Waals surface area (Å²) in [6, 6.07) is 7.36. The summed E-state index contributed by atoms with van der Waals surface area (Å²) in [6.07, 6.45) is 7.27. The van der Waals surface area contributed by atoms with Gasteiger partial charge in [-0.1, -0.05) is 12.8 Å². The average molecular weight is 311 g/mol. The molecule has 1 aliphatic carbocycles. The van der Waals surface area contributed by atoms with Crippen molar-refractivity contribution in [3.05, 3.63) is 30.1 Å². The third kappa shape index (κ3) is 5.58. The average Bonchev–Trinajstić information content (AvgIpc) is 2.50. The summed E-state index contributed by atoms with van der Waals surface area (Å²) < 4.78 is 19.0. The maximum atomic E-state index is 13.3. The van der Waals surface area contributed by atoms with E-state index in [9.17, 15) is 4.39 Å². The van der Waals surface area contributed by atoms with Gasteiger partial charge in [0.1, 0.15) is 0 Å². The second-order valence-corrected chi connectivity index (χ2v) is 4.09. The summed E-state index contributed by atoms with van der Waals surface area (Å²) in [7, 11) is 0. The van der Waals surface area contributed by atoms with Crippen LogP contribution in [0.5, 0.6) is 5.75 Å². The van der Waals surface area contributed by atoms with Crippen molar-refractivity contribution in [2.24, 2.45) is 0 Å². The van der Waals surface area contributed by atoms with Crippen molar-refractivity contribution < 1.29 is 26.1 Å². The molecule has 1 aliphatic rings. The molecule has 1 fully saturated rings. The molecular formula is C13H16BrFMgO. The Morgan fingerprint density at radius 2 is 1.82 bits per heavy atom. The molecule has 1 nitrogen and oxygen atoms in total. The van der Waals surface area contributed by atoms with Crippen LogP contribution in [0.1, 0.15) is 38.5 Å². The molecule has 0 spiro atoms. The summed E-state index contributed by atoms with van der Waals surface area (Å²) in [6.45, 7) is 0. The van der Waals surface area contributed by atoms with Crippen LogP contribution in [0.15, 0.2) is 18.2 Å². The summed E-state index contributed by atoms with van der Waals surface area (Å²) in [5.41, 5.74) is 0. The standard InChI is InChI=1S/C13H16FO.BrH.Mg/c14-12-9-5-6-10-13(12)15-11-7-3-1-2-4-8-11;;/h6,9-11H,1-4,7-8H2;1H;/q-1;;+2/p-1. The Bertz CT molecular complexity index is 314. The number of rotatable bonds is 2. The second-order valence-electron chi connectivity index (χ2n) is 4.09. The van der Waals surface area contributed by atoms with Gasteiger partial charge in [-0.2, -0.15) is 12.1 Å². The van der Waals surface area contributed by atoms with E-state index in [4.69, 9.17) is 4.74 Å². The van der Waals surface area contributed by atoms with Gasteiger partial charge in [0.25, 0.3) is 0 Å². The molecule has 1 saturated carbocycles. The van der Waals surface area contributed by atoms with E-state index >= 15 is 0 Å². The Balaban J connectivity index is 0.00000128. The van der Waals surface area contributed by atoms with Crippen LogP contribution in [0.4, 0.5) is 4.39 Å². The molecule has 0 atom stereocenters. The van der Waals surface area contributed by atoms with Crippen LogP contribution in [0, 0.1) is 11.9 Å². The van der Waals surface area contributed by atoms with Crippen LogP contribution in [-0.4, -0.2) is 29.2 Å². The first kappa shape index (κ1) is 17.2. The van der Waals surface area contributed by atoms with Crippen molar-refractivity contribution in [1.29, 1.82) is 0 Å². The largest absolute Gasteiger partial charge is 2.00 e. The number of hydrogen-bond donors (Lipinski definition) is 0. The molecule has 0 heterocycles. The van der Waals surface area contributed by atoms with Crippen LogP contribution in [-0.2, 0) is 0 Å². The van der Waals surface area contributed by atoms with E-state index in [1.165, 1.54) is 31.7 Å². The Morgan fingerprint density at radius 1 is 1.18 bits per heavy atom. The van der Waals surface area contributed by atoms with E-state index in [-0.39, 0.29) is 52.0 Å². The first-order chi connectivity index (χ1) is 7.36. The maximum Gasteiger partial charge on any atom is 2.00 e. The molecule has 2 rings (SSSR count). The molecule has 0 saturated heterocycles. The SMILES string of the molecule is Fc1c[c-]ccc1OC1CCCCCC1.[Br-].[Mg+2]. The van der Waals surface area contributed by atoms with Crippen molar-refractivity contribution >= 4 is 23.1 Å². The van der Waals surface area contributed by atoms with Gasteiger partial charge in [-0.15, -0.1) is 12.1 Å². The smallest absolute Gasteiger partial charge is 1.00 e. The fraction of sp³-hybridized carbons (Fsp3) is 0.538. The predicted octanol–water partition coefficient (Wildman–Crippen LogP) is 0.351. The molecule has 1 aromatic rings. The molecule has 90 valence electrons. The summed E-state index contributed by atoms with van der Waals surface area (Å²) in [4.78, 5) is 0. The van der Waals surface area contributed by atoms with E-state index in [1.807, 2.05) is 0 Å². The maximum absolute atomic E-state index is 13.3.